The molecule has 2 aromatic carbocycles. The normalized spacial score (nSPS) is 10.2. The van der Waals surface area contributed by atoms with Crippen molar-refractivity contribution >= 4 is 27.7 Å². The van der Waals surface area contributed by atoms with Crippen LogP contribution in [-0.4, -0.2) is 18.4 Å². The van der Waals surface area contributed by atoms with E-state index < -0.39 is 0 Å². The van der Waals surface area contributed by atoms with Crippen molar-refractivity contribution in [3.63, 3.8) is 0 Å². The molecular formula is C18H19BrN2O2. The Hall–Kier alpha value is -2.14. The Bertz CT molecular complexity index is 666. The van der Waals surface area contributed by atoms with Gasteiger partial charge < -0.3 is 10.6 Å². The number of carbonyl (C=O) groups excluding carboxylic acids is 2. The maximum atomic E-state index is 11.8. The molecule has 2 aromatic rings. The Morgan fingerprint density at radius 2 is 1.48 bits per heavy atom. The second kappa shape index (κ2) is 8.48. The van der Waals surface area contributed by atoms with Crippen molar-refractivity contribution in [3.8, 4) is 0 Å². The zero-order valence-electron chi connectivity index (χ0n) is 12.9. The van der Waals surface area contributed by atoms with Gasteiger partial charge in [0.05, 0.1) is 13.0 Å². The molecule has 23 heavy (non-hydrogen) atoms. The molecule has 0 aromatic heterocycles. The third-order valence-corrected chi connectivity index (χ3v) is 3.86. The van der Waals surface area contributed by atoms with Gasteiger partial charge >= 0.3 is 0 Å². The summed E-state index contributed by atoms with van der Waals surface area (Å²) in [6.45, 7) is 2.46. The molecule has 0 bridgehead atoms. The van der Waals surface area contributed by atoms with E-state index in [-0.39, 0.29) is 24.8 Å². The number of carbonyl (C=O) groups is 2. The topological polar surface area (TPSA) is 58.2 Å². The lowest BCUT2D eigenvalue weighted by Crippen LogP contribution is -2.37. The zero-order chi connectivity index (χ0) is 16.7. The summed E-state index contributed by atoms with van der Waals surface area (Å²) < 4.78 is 0.970. The highest BCUT2D eigenvalue weighted by Crippen LogP contribution is 2.10. The average molecular weight is 375 g/mol. The molecule has 2 N–H and O–H groups in total. The number of rotatable bonds is 6. The van der Waals surface area contributed by atoms with Gasteiger partial charge in [-0.05, 0) is 30.2 Å². The predicted octanol–water partition coefficient (Wildman–Crippen LogP) is 2.73. The standard InChI is InChI=1S/C18H19BrN2O2/c1-13-2-4-15(5-3-13)11-20-18(23)12-21-17(22)10-14-6-8-16(19)9-7-14/h2-9H,10-12H2,1H3,(H,20,23)(H,21,22). The van der Waals surface area contributed by atoms with E-state index in [9.17, 15) is 9.59 Å². The number of halogens is 1. The van der Waals surface area contributed by atoms with Crippen LogP contribution in [0.25, 0.3) is 0 Å². The van der Waals surface area contributed by atoms with Crippen molar-refractivity contribution < 1.29 is 9.59 Å². The largest absolute Gasteiger partial charge is 0.350 e. The Balaban J connectivity index is 1.70. The van der Waals surface area contributed by atoms with Crippen LogP contribution in [0.3, 0.4) is 0 Å². The van der Waals surface area contributed by atoms with Gasteiger partial charge in [-0.2, -0.15) is 0 Å². The molecule has 2 amide bonds. The van der Waals surface area contributed by atoms with Crippen LogP contribution in [0.4, 0.5) is 0 Å². The number of hydrogen-bond donors (Lipinski definition) is 2. The molecule has 0 spiro atoms. The van der Waals surface area contributed by atoms with Gasteiger partial charge in [-0.1, -0.05) is 57.9 Å². The first kappa shape index (κ1) is 17.2. The van der Waals surface area contributed by atoms with Crippen molar-refractivity contribution in [1.29, 1.82) is 0 Å². The third-order valence-electron chi connectivity index (χ3n) is 3.33. The van der Waals surface area contributed by atoms with Crippen LogP contribution < -0.4 is 10.6 Å². The van der Waals surface area contributed by atoms with E-state index in [1.807, 2.05) is 55.5 Å². The zero-order valence-corrected chi connectivity index (χ0v) is 14.5. The first-order valence-corrected chi connectivity index (χ1v) is 8.15. The maximum Gasteiger partial charge on any atom is 0.239 e. The van der Waals surface area contributed by atoms with Gasteiger partial charge in [0.15, 0.2) is 0 Å². The van der Waals surface area contributed by atoms with Crippen molar-refractivity contribution in [2.24, 2.45) is 0 Å². The summed E-state index contributed by atoms with van der Waals surface area (Å²) in [5.41, 5.74) is 3.12. The minimum atomic E-state index is -0.199. The summed E-state index contributed by atoms with van der Waals surface area (Å²) >= 11 is 3.35. The average Bonchev–Trinajstić information content (AvgIpc) is 2.54. The minimum absolute atomic E-state index is 0.0127. The van der Waals surface area contributed by atoms with Gasteiger partial charge in [-0.15, -0.1) is 0 Å². The molecule has 2 rings (SSSR count). The lowest BCUT2D eigenvalue weighted by Gasteiger charge is -2.07. The van der Waals surface area contributed by atoms with Crippen molar-refractivity contribution in [2.75, 3.05) is 6.54 Å². The monoisotopic (exact) mass is 374 g/mol. The number of amides is 2. The number of hydrogen-bond acceptors (Lipinski definition) is 2. The van der Waals surface area contributed by atoms with Gasteiger partial charge in [0.25, 0.3) is 0 Å². The molecule has 0 aliphatic carbocycles. The smallest absolute Gasteiger partial charge is 0.239 e. The Morgan fingerprint density at radius 1 is 0.870 bits per heavy atom. The van der Waals surface area contributed by atoms with Crippen LogP contribution in [0.5, 0.6) is 0 Å². The van der Waals surface area contributed by atoms with Crippen molar-refractivity contribution in [2.45, 2.75) is 19.9 Å². The molecule has 5 heteroatoms. The van der Waals surface area contributed by atoms with Gasteiger partial charge in [-0.25, -0.2) is 0 Å². The second-order valence-electron chi connectivity index (χ2n) is 5.34. The summed E-state index contributed by atoms with van der Waals surface area (Å²) in [5, 5.41) is 5.41. The summed E-state index contributed by atoms with van der Waals surface area (Å²) in [6.07, 6.45) is 0.262. The summed E-state index contributed by atoms with van der Waals surface area (Å²) in [4.78, 5) is 23.6. The van der Waals surface area contributed by atoms with Gasteiger partial charge in [0, 0.05) is 11.0 Å². The van der Waals surface area contributed by atoms with E-state index >= 15 is 0 Å². The first-order chi connectivity index (χ1) is 11.0. The van der Waals surface area contributed by atoms with Crippen LogP contribution in [-0.2, 0) is 22.6 Å². The molecule has 0 saturated carbocycles. The summed E-state index contributed by atoms with van der Waals surface area (Å²) in [6, 6.07) is 15.5. The fourth-order valence-electron chi connectivity index (χ4n) is 2.00. The first-order valence-electron chi connectivity index (χ1n) is 7.36. The molecule has 4 nitrogen and oxygen atoms in total. The molecule has 0 heterocycles. The highest BCUT2D eigenvalue weighted by Gasteiger charge is 2.06. The van der Waals surface area contributed by atoms with Crippen LogP contribution >= 0.6 is 15.9 Å². The quantitative estimate of drug-likeness (QED) is 0.816. The molecule has 0 aliphatic heterocycles. The molecule has 0 fully saturated rings. The van der Waals surface area contributed by atoms with Crippen molar-refractivity contribution in [1.82, 2.24) is 10.6 Å². The van der Waals surface area contributed by atoms with Crippen LogP contribution in [0.15, 0.2) is 53.0 Å². The van der Waals surface area contributed by atoms with Gasteiger partial charge in [-0.3, -0.25) is 9.59 Å². The van der Waals surface area contributed by atoms with E-state index in [1.54, 1.807) is 0 Å². The third kappa shape index (κ3) is 6.24. The predicted molar refractivity (Wildman–Crippen MR) is 93.9 cm³/mol. The lowest BCUT2D eigenvalue weighted by molar-refractivity contribution is -0.125. The van der Waals surface area contributed by atoms with Crippen molar-refractivity contribution in [3.05, 3.63) is 69.7 Å². The van der Waals surface area contributed by atoms with Gasteiger partial charge in [0.2, 0.25) is 11.8 Å². The molecule has 0 saturated heterocycles. The minimum Gasteiger partial charge on any atom is -0.350 e. The Morgan fingerprint density at radius 3 is 2.13 bits per heavy atom. The number of nitrogens with one attached hydrogen (secondary N) is 2. The number of benzene rings is 2. The molecule has 0 aliphatic rings. The highest BCUT2D eigenvalue weighted by atomic mass is 79.9. The second-order valence-corrected chi connectivity index (χ2v) is 6.26. The SMILES string of the molecule is Cc1ccc(CNC(=O)CNC(=O)Cc2ccc(Br)cc2)cc1. The highest BCUT2D eigenvalue weighted by molar-refractivity contribution is 9.10. The van der Waals surface area contributed by atoms with E-state index in [2.05, 4.69) is 26.6 Å². The number of aryl methyl sites for hydroxylation is 1. The van der Waals surface area contributed by atoms with E-state index in [0.29, 0.717) is 6.54 Å². The van der Waals surface area contributed by atoms with E-state index in [4.69, 9.17) is 0 Å². The molecule has 0 unspecified atom stereocenters. The summed E-state index contributed by atoms with van der Waals surface area (Å²) in [5.74, 6) is -0.368. The van der Waals surface area contributed by atoms with Gasteiger partial charge in [0.1, 0.15) is 0 Å². The van der Waals surface area contributed by atoms with E-state index in [1.165, 1.54) is 5.56 Å². The molecular weight excluding hydrogens is 356 g/mol. The fraction of sp³-hybridized carbons (Fsp3) is 0.222. The molecule has 0 atom stereocenters. The summed E-state index contributed by atoms with van der Waals surface area (Å²) in [7, 11) is 0. The van der Waals surface area contributed by atoms with Crippen LogP contribution in [0.1, 0.15) is 16.7 Å². The Labute approximate surface area is 144 Å². The fourth-order valence-corrected chi connectivity index (χ4v) is 2.26. The van der Waals surface area contributed by atoms with Crippen LogP contribution in [0, 0.1) is 6.92 Å². The molecule has 120 valence electrons. The van der Waals surface area contributed by atoms with E-state index in [0.717, 1.165) is 15.6 Å². The lowest BCUT2D eigenvalue weighted by atomic mass is 10.1. The molecule has 0 radical (unpaired) electrons. The maximum absolute atomic E-state index is 11.8. The Kier molecular flexibility index (Phi) is 6.35. The van der Waals surface area contributed by atoms with Crippen LogP contribution in [0.2, 0.25) is 0 Å².